The molecule has 104 valence electrons. The summed E-state index contributed by atoms with van der Waals surface area (Å²) in [5.74, 6) is 6.48. The normalized spacial score (nSPS) is 13.0. The van der Waals surface area contributed by atoms with Crippen molar-refractivity contribution in [3.8, 4) is 0 Å². The average molecular weight is 372 g/mol. The highest BCUT2D eigenvalue weighted by molar-refractivity contribution is 9.11. The minimum Gasteiger partial charge on any atom is -0.459 e. The van der Waals surface area contributed by atoms with Gasteiger partial charge in [-0.2, -0.15) is 0 Å². The van der Waals surface area contributed by atoms with E-state index in [1.165, 1.54) is 5.56 Å². The molecule has 0 radical (unpaired) electrons. The standard InChI is InChI=1S/C14H12BrClN2OS/c1-7-4-12(20-14(7)15)13(18-17)11-6-8-5-9(16)2-3-10(8)19-11/h2-6,13,18H,17H2,1H3. The third-order valence-electron chi connectivity index (χ3n) is 3.11. The molecule has 3 aromatic rings. The van der Waals surface area contributed by atoms with Crippen molar-refractivity contribution in [2.75, 3.05) is 0 Å². The molecule has 2 heterocycles. The summed E-state index contributed by atoms with van der Waals surface area (Å²) in [4.78, 5) is 1.10. The van der Waals surface area contributed by atoms with Gasteiger partial charge in [-0.1, -0.05) is 11.6 Å². The van der Waals surface area contributed by atoms with Crippen molar-refractivity contribution in [2.24, 2.45) is 5.84 Å². The van der Waals surface area contributed by atoms with Crippen LogP contribution < -0.4 is 11.3 Å². The minimum atomic E-state index is -0.170. The summed E-state index contributed by atoms with van der Waals surface area (Å²) < 4.78 is 6.97. The maximum absolute atomic E-state index is 6.00. The molecule has 0 fully saturated rings. The fourth-order valence-corrected chi connectivity index (χ4v) is 3.93. The zero-order chi connectivity index (χ0) is 14.3. The molecule has 0 aliphatic carbocycles. The van der Waals surface area contributed by atoms with Crippen LogP contribution in [-0.2, 0) is 0 Å². The summed E-state index contributed by atoms with van der Waals surface area (Å²) in [6, 6.07) is 9.45. The molecule has 3 N–H and O–H groups in total. The van der Waals surface area contributed by atoms with E-state index < -0.39 is 0 Å². The number of hydrogen-bond donors (Lipinski definition) is 2. The van der Waals surface area contributed by atoms with Gasteiger partial charge in [-0.05, 0) is 58.7 Å². The van der Waals surface area contributed by atoms with Crippen LogP contribution in [0.15, 0.2) is 38.5 Å². The molecule has 0 amide bonds. The fraction of sp³-hybridized carbons (Fsp3) is 0.143. The molecule has 3 rings (SSSR count). The van der Waals surface area contributed by atoms with Crippen molar-refractivity contribution in [3.05, 3.63) is 55.3 Å². The monoisotopic (exact) mass is 370 g/mol. The summed E-state index contributed by atoms with van der Waals surface area (Å²) in [6.07, 6.45) is 0. The molecule has 3 nitrogen and oxygen atoms in total. The van der Waals surface area contributed by atoms with E-state index in [-0.39, 0.29) is 6.04 Å². The number of aryl methyl sites for hydroxylation is 1. The van der Waals surface area contributed by atoms with Crippen LogP contribution in [-0.4, -0.2) is 0 Å². The van der Waals surface area contributed by atoms with E-state index in [1.807, 2.05) is 24.3 Å². The van der Waals surface area contributed by atoms with Gasteiger partial charge in [0.15, 0.2) is 0 Å². The lowest BCUT2D eigenvalue weighted by Crippen LogP contribution is -2.27. The first-order valence-corrected chi connectivity index (χ1v) is 7.98. The number of hydrogen-bond acceptors (Lipinski definition) is 4. The van der Waals surface area contributed by atoms with Crippen LogP contribution in [0.5, 0.6) is 0 Å². The Hall–Kier alpha value is -0.850. The Morgan fingerprint density at radius 1 is 1.35 bits per heavy atom. The van der Waals surface area contributed by atoms with Crippen LogP contribution >= 0.6 is 38.9 Å². The van der Waals surface area contributed by atoms with Crippen molar-refractivity contribution in [1.82, 2.24) is 5.43 Å². The Balaban J connectivity index is 2.06. The summed E-state index contributed by atoms with van der Waals surface area (Å²) in [5, 5.41) is 1.66. The second-order valence-electron chi connectivity index (χ2n) is 4.54. The number of hydrazine groups is 1. The fourth-order valence-electron chi connectivity index (χ4n) is 2.11. The predicted octanol–water partition coefficient (Wildman–Crippen LogP) is 4.77. The topological polar surface area (TPSA) is 51.2 Å². The Bertz CT molecular complexity index is 748. The largest absolute Gasteiger partial charge is 0.459 e. The van der Waals surface area contributed by atoms with Gasteiger partial charge in [0.25, 0.3) is 0 Å². The summed E-state index contributed by atoms with van der Waals surface area (Å²) in [5.41, 5.74) is 4.80. The molecule has 0 aliphatic rings. The van der Waals surface area contributed by atoms with E-state index in [1.54, 1.807) is 11.3 Å². The average Bonchev–Trinajstić information content (AvgIpc) is 2.95. The molecular weight excluding hydrogens is 360 g/mol. The van der Waals surface area contributed by atoms with Crippen LogP contribution in [0.25, 0.3) is 11.0 Å². The number of furan rings is 1. The van der Waals surface area contributed by atoms with Crippen LogP contribution in [0.1, 0.15) is 22.2 Å². The summed E-state index contributed by atoms with van der Waals surface area (Å²) in [7, 11) is 0. The van der Waals surface area contributed by atoms with Gasteiger partial charge >= 0.3 is 0 Å². The Kier molecular flexibility index (Phi) is 3.88. The maximum Gasteiger partial charge on any atom is 0.134 e. The maximum atomic E-state index is 6.00. The smallest absolute Gasteiger partial charge is 0.134 e. The van der Waals surface area contributed by atoms with Crippen molar-refractivity contribution in [1.29, 1.82) is 0 Å². The van der Waals surface area contributed by atoms with E-state index in [0.29, 0.717) is 5.02 Å². The van der Waals surface area contributed by atoms with E-state index in [4.69, 9.17) is 21.9 Å². The van der Waals surface area contributed by atoms with Gasteiger partial charge in [0, 0.05) is 15.3 Å². The van der Waals surface area contributed by atoms with Gasteiger partial charge in [-0.15, -0.1) is 11.3 Å². The molecule has 0 saturated carbocycles. The lowest BCUT2D eigenvalue weighted by molar-refractivity contribution is 0.481. The van der Waals surface area contributed by atoms with Crippen LogP contribution in [0.4, 0.5) is 0 Å². The van der Waals surface area contributed by atoms with Crippen LogP contribution in [0.3, 0.4) is 0 Å². The third kappa shape index (κ3) is 2.52. The van der Waals surface area contributed by atoms with Gasteiger partial charge in [-0.25, -0.2) is 5.43 Å². The molecule has 1 atom stereocenters. The SMILES string of the molecule is Cc1cc(C(NN)c2cc3cc(Cl)ccc3o2)sc1Br. The number of fused-ring (bicyclic) bond motifs is 1. The molecule has 20 heavy (non-hydrogen) atoms. The van der Waals surface area contributed by atoms with E-state index in [9.17, 15) is 0 Å². The number of rotatable bonds is 3. The van der Waals surface area contributed by atoms with Crippen LogP contribution in [0, 0.1) is 6.92 Å². The molecule has 2 aromatic heterocycles. The highest BCUT2D eigenvalue weighted by Gasteiger charge is 2.20. The van der Waals surface area contributed by atoms with E-state index in [2.05, 4.69) is 34.3 Å². The zero-order valence-electron chi connectivity index (χ0n) is 10.6. The van der Waals surface area contributed by atoms with Gasteiger partial charge in [0.1, 0.15) is 17.4 Å². The van der Waals surface area contributed by atoms with Crippen molar-refractivity contribution < 1.29 is 4.42 Å². The third-order valence-corrected chi connectivity index (χ3v) is 5.55. The lowest BCUT2D eigenvalue weighted by Gasteiger charge is -2.10. The lowest BCUT2D eigenvalue weighted by atomic mass is 10.1. The molecule has 0 aliphatic heterocycles. The van der Waals surface area contributed by atoms with Crippen LogP contribution in [0.2, 0.25) is 5.02 Å². The van der Waals surface area contributed by atoms with Gasteiger partial charge in [0.2, 0.25) is 0 Å². The van der Waals surface area contributed by atoms with E-state index >= 15 is 0 Å². The number of nitrogens with one attached hydrogen (secondary N) is 1. The van der Waals surface area contributed by atoms with Gasteiger partial charge in [-0.3, -0.25) is 5.84 Å². The van der Waals surface area contributed by atoms with Crippen molar-refractivity contribution >= 4 is 49.8 Å². The molecule has 0 saturated heterocycles. The first-order valence-electron chi connectivity index (χ1n) is 5.99. The highest BCUT2D eigenvalue weighted by atomic mass is 79.9. The highest BCUT2D eigenvalue weighted by Crippen LogP contribution is 2.36. The zero-order valence-corrected chi connectivity index (χ0v) is 13.8. The number of benzene rings is 1. The minimum absolute atomic E-state index is 0.170. The second-order valence-corrected chi connectivity index (χ2v) is 7.37. The molecule has 0 bridgehead atoms. The quantitative estimate of drug-likeness (QED) is 0.515. The van der Waals surface area contributed by atoms with Crippen molar-refractivity contribution in [3.63, 3.8) is 0 Å². The summed E-state index contributed by atoms with van der Waals surface area (Å²) >= 11 is 11.2. The molecule has 1 unspecified atom stereocenters. The Morgan fingerprint density at radius 2 is 2.15 bits per heavy atom. The second kappa shape index (κ2) is 5.50. The Morgan fingerprint density at radius 3 is 2.80 bits per heavy atom. The predicted molar refractivity (Wildman–Crippen MR) is 87.1 cm³/mol. The number of thiophene rings is 1. The molecule has 1 aromatic carbocycles. The molecule has 6 heteroatoms. The van der Waals surface area contributed by atoms with Crippen molar-refractivity contribution in [2.45, 2.75) is 13.0 Å². The van der Waals surface area contributed by atoms with Gasteiger partial charge < -0.3 is 4.42 Å². The number of nitrogens with two attached hydrogens (primary N) is 1. The number of halogens is 2. The van der Waals surface area contributed by atoms with Gasteiger partial charge in [0.05, 0.1) is 3.79 Å². The molecule has 0 spiro atoms. The first-order chi connectivity index (χ1) is 9.58. The first kappa shape index (κ1) is 14.1. The Labute approximate surface area is 133 Å². The molecular formula is C14H12BrClN2OS. The van der Waals surface area contributed by atoms with E-state index in [0.717, 1.165) is 25.4 Å². The summed E-state index contributed by atoms with van der Waals surface area (Å²) in [6.45, 7) is 2.05.